The molecule has 3 N–H and O–H groups in total. The van der Waals surface area contributed by atoms with Crippen LogP contribution in [0.1, 0.15) is 6.42 Å². The number of nitrogens with zero attached hydrogens (tertiary/aromatic N) is 1. The van der Waals surface area contributed by atoms with Crippen LogP contribution < -0.4 is 11.2 Å². The second-order valence-electron chi connectivity index (χ2n) is 4.49. The van der Waals surface area contributed by atoms with Crippen LogP contribution in [0, 0.1) is 23.7 Å². The Morgan fingerprint density at radius 2 is 1.75 bits per heavy atom. The first-order valence-electron chi connectivity index (χ1n) is 5.22. The van der Waals surface area contributed by atoms with Crippen molar-refractivity contribution in [1.29, 1.82) is 0 Å². The molecule has 0 unspecified atom stereocenters. The van der Waals surface area contributed by atoms with E-state index in [0.717, 1.165) is 11.4 Å². The molecule has 0 spiro atoms. The smallest absolute Gasteiger partial charge is 0.331 e. The Labute approximate surface area is 91.4 Å². The number of fused-ring (bicyclic) bond motifs is 5. The van der Waals surface area contributed by atoms with Crippen LogP contribution in [0.15, 0.2) is 12.2 Å². The van der Waals surface area contributed by atoms with Crippen molar-refractivity contribution in [3.63, 3.8) is 0 Å². The van der Waals surface area contributed by atoms with Crippen LogP contribution in [0.5, 0.6) is 0 Å². The molecule has 1 aliphatic heterocycles. The number of urea groups is 1. The number of carbonyl (C=O) groups excluding carboxylic acids is 3. The Hall–Kier alpha value is -1.85. The van der Waals surface area contributed by atoms with Crippen molar-refractivity contribution in [2.75, 3.05) is 0 Å². The summed E-state index contributed by atoms with van der Waals surface area (Å²) in [6.45, 7) is 0. The Kier molecular flexibility index (Phi) is 1.66. The molecule has 6 heteroatoms. The zero-order chi connectivity index (χ0) is 11.4. The van der Waals surface area contributed by atoms with Crippen LogP contribution in [0.3, 0.4) is 0 Å². The van der Waals surface area contributed by atoms with E-state index in [4.69, 9.17) is 5.73 Å². The van der Waals surface area contributed by atoms with E-state index in [1.54, 1.807) is 0 Å². The third-order valence-corrected chi connectivity index (χ3v) is 3.69. The molecule has 0 aromatic carbocycles. The third-order valence-electron chi connectivity index (χ3n) is 3.69. The number of hydrogen-bond donors (Lipinski definition) is 2. The molecule has 6 nitrogen and oxygen atoms in total. The molecular weight excluding hydrogens is 210 g/mol. The van der Waals surface area contributed by atoms with Crippen molar-refractivity contribution in [1.82, 2.24) is 10.4 Å². The number of hydrazine groups is 1. The summed E-state index contributed by atoms with van der Waals surface area (Å²) in [7, 11) is 0. The Morgan fingerprint density at radius 1 is 1.25 bits per heavy atom. The van der Waals surface area contributed by atoms with Gasteiger partial charge < -0.3 is 5.73 Å². The van der Waals surface area contributed by atoms with Crippen LogP contribution in [0.2, 0.25) is 0 Å². The maximum absolute atomic E-state index is 11.9. The quantitative estimate of drug-likeness (QED) is 0.456. The van der Waals surface area contributed by atoms with Crippen molar-refractivity contribution < 1.29 is 14.4 Å². The molecule has 1 saturated carbocycles. The fraction of sp³-hybridized carbons (Fsp3) is 0.500. The van der Waals surface area contributed by atoms with Crippen molar-refractivity contribution in [2.24, 2.45) is 29.4 Å². The lowest BCUT2D eigenvalue weighted by atomic mass is 9.85. The lowest BCUT2D eigenvalue weighted by molar-refractivity contribution is -0.143. The number of nitrogens with two attached hydrogens (primary N) is 1. The Morgan fingerprint density at radius 3 is 2.19 bits per heavy atom. The van der Waals surface area contributed by atoms with E-state index in [1.165, 1.54) is 0 Å². The van der Waals surface area contributed by atoms with Crippen molar-refractivity contribution in [3.05, 3.63) is 12.2 Å². The second kappa shape index (κ2) is 2.84. The van der Waals surface area contributed by atoms with Gasteiger partial charge in [-0.3, -0.25) is 9.59 Å². The Bertz CT molecular complexity index is 401. The molecular formula is C10H11N3O3. The van der Waals surface area contributed by atoms with Crippen LogP contribution in [0.25, 0.3) is 0 Å². The summed E-state index contributed by atoms with van der Waals surface area (Å²) in [6.07, 6.45) is 4.85. The minimum absolute atomic E-state index is 0.145. The number of allylic oxidation sites excluding steroid dienone is 2. The minimum Gasteiger partial charge on any atom is -0.350 e. The summed E-state index contributed by atoms with van der Waals surface area (Å²) in [6, 6.07) is -0.887. The van der Waals surface area contributed by atoms with Crippen LogP contribution in [-0.4, -0.2) is 22.9 Å². The highest BCUT2D eigenvalue weighted by atomic mass is 16.2. The first-order valence-corrected chi connectivity index (χ1v) is 5.22. The van der Waals surface area contributed by atoms with Gasteiger partial charge >= 0.3 is 6.03 Å². The first-order chi connectivity index (χ1) is 7.59. The first kappa shape index (κ1) is 9.38. The van der Waals surface area contributed by atoms with Gasteiger partial charge in [0.15, 0.2) is 0 Å². The molecule has 3 rings (SSSR count). The molecule has 0 radical (unpaired) electrons. The maximum atomic E-state index is 11.9. The van der Waals surface area contributed by atoms with Crippen molar-refractivity contribution in [3.8, 4) is 0 Å². The molecule has 2 bridgehead atoms. The maximum Gasteiger partial charge on any atom is 0.331 e. The van der Waals surface area contributed by atoms with Gasteiger partial charge in [-0.1, -0.05) is 12.2 Å². The Balaban J connectivity index is 1.91. The van der Waals surface area contributed by atoms with Gasteiger partial charge in [-0.05, 0) is 18.3 Å². The largest absolute Gasteiger partial charge is 0.350 e. The SMILES string of the molecule is NC(=O)NN1C(=O)[C@@H]2[C@H](C1=O)[C@@H]1C=C[C@H]2C1. The van der Waals surface area contributed by atoms with E-state index in [2.05, 4.69) is 5.43 Å². The number of carbonyl (C=O) groups is 3. The van der Waals surface area contributed by atoms with Gasteiger partial charge in [0.1, 0.15) is 0 Å². The van der Waals surface area contributed by atoms with Gasteiger partial charge in [0.25, 0.3) is 11.8 Å². The van der Waals surface area contributed by atoms with Gasteiger partial charge in [-0.15, -0.1) is 0 Å². The van der Waals surface area contributed by atoms with Crippen LogP contribution in [-0.2, 0) is 9.59 Å². The highest BCUT2D eigenvalue weighted by molar-refractivity contribution is 6.07. The molecule has 84 valence electrons. The van der Waals surface area contributed by atoms with Crippen LogP contribution in [0.4, 0.5) is 4.79 Å². The van der Waals surface area contributed by atoms with E-state index in [9.17, 15) is 14.4 Å². The lowest BCUT2D eigenvalue weighted by Crippen LogP contribution is -2.49. The number of amides is 4. The highest BCUT2D eigenvalue weighted by Crippen LogP contribution is 2.52. The van der Waals surface area contributed by atoms with E-state index in [1.807, 2.05) is 12.2 Å². The molecule has 0 aromatic rings. The van der Waals surface area contributed by atoms with E-state index >= 15 is 0 Å². The summed E-state index contributed by atoms with van der Waals surface area (Å²) in [5.41, 5.74) is 7.00. The molecule has 16 heavy (non-hydrogen) atoms. The molecule has 3 aliphatic rings. The molecule has 2 aliphatic carbocycles. The van der Waals surface area contributed by atoms with E-state index < -0.39 is 6.03 Å². The molecule has 0 aromatic heterocycles. The standard InChI is InChI=1S/C10H11N3O3/c11-10(16)12-13-8(14)6-4-1-2-5(3-4)7(6)9(13)15/h1-2,4-7H,3H2,(H3,11,12,16)/t4-,5+,6-,7+. The van der Waals surface area contributed by atoms with E-state index in [0.29, 0.717) is 0 Å². The zero-order valence-electron chi connectivity index (χ0n) is 8.42. The fourth-order valence-corrected chi connectivity index (χ4v) is 3.12. The fourth-order valence-electron chi connectivity index (χ4n) is 3.12. The molecule has 4 atom stereocenters. The molecule has 1 saturated heterocycles. The normalized spacial score (nSPS) is 39.4. The summed E-state index contributed by atoms with van der Waals surface area (Å²) in [5, 5.41) is 0.782. The predicted molar refractivity (Wildman–Crippen MR) is 52.3 cm³/mol. The number of nitrogens with one attached hydrogen (secondary N) is 1. The van der Waals surface area contributed by atoms with E-state index in [-0.39, 0.29) is 35.5 Å². The zero-order valence-corrected chi connectivity index (χ0v) is 8.42. The third kappa shape index (κ3) is 0.986. The van der Waals surface area contributed by atoms with Crippen LogP contribution >= 0.6 is 0 Å². The van der Waals surface area contributed by atoms with Gasteiger partial charge in [0, 0.05) is 0 Å². The monoisotopic (exact) mass is 221 g/mol. The van der Waals surface area contributed by atoms with Gasteiger partial charge in [-0.2, -0.15) is 5.01 Å². The lowest BCUT2D eigenvalue weighted by Gasteiger charge is -2.16. The molecule has 4 amide bonds. The highest BCUT2D eigenvalue weighted by Gasteiger charge is 2.59. The predicted octanol–water partition coefficient (Wildman–Crippen LogP) is -0.623. The number of rotatable bonds is 1. The summed E-state index contributed by atoms with van der Waals surface area (Å²) in [4.78, 5) is 34.5. The summed E-state index contributed by atoms with van der Waals surface area (Å²) in [5.74, 6) is -0.961. The summed E-state index contributed by atoms with van der Waals surface area (Å²) < 4.78 is 0. The average molecular weight is 221 g/mol. The van der Waals surface area contributed by atoms with Crippen molar-refractivity contribution >= 4 is 17.8 Å². The second-order valence-corrected chi connectivity index (χ2v) is 4.49. The molecule has 1 heterocycles. The average Bonchev–Trinajstić information content (AvgIpc) is 2.87. The van der Waals surface area contributed by atoms with Crippen molar-refractivity contribution in [2.45, 2.75) is 6.42 Å². The minimum atomic E-state index is -0.887. The van der Waals surface area contributed by atoms with Gasteiger partial charge in [0.05, 0.1) is 11.8 Å². The molecule has 2 fully saturated rings. The van der Waals surface area contributed by atoms with Gasteiger partial charge in [-0.25, -0.2) is 10.2 Å². The number of primary amides is 1. The number of imide groups is 1. The van der Waals surface area contributed by atoms with Gasteiger partial charge in [0.2, 0.25) is 0 Å². The summed E-state index contributed by atoms with van der Waals surface area (Å²) >= 11 is 0. The topological polar surface area (TPSA) is 92.5 Å². The number of hydrogen-bond acceptors (Lipinski definition) is 3.